The van der Waals surface area contributed by atoms with Crippen molar-refractivity contribution in [2.75, 3.05) is 24.8 Å². The van der Waals surface area contributed by atoms with Crippen LogP contribution in [0.3, 0.4) is 0 Å². The van der Waals surface area contributed by atoms with E-state index in [1.54, 1.807) is 0 Å². The molecule has 0 radical (unpaired) electrons. The predicted octanol–water partition coefficient (Wildman–Crippen LogP) is 1.74. The molecular weight excluding hydrogens is 250 g/mol. The highest BCUT2D eigenvalue weighted by Crippen LogP contribution is 2.16. The molecule has 0 aromatic heterocycles. The van der Waals surface area contributed by atoms with Crippen LogP contribution in [-0.4, -0.2) is 38.8 Å². The molecule has 0 aliphatic rings. The number of ether oxygens (including phenoxy) is 1. The minimum Gasteiger partial charge on any atom is -0.381 e. The van der Waals surface area contributed by atoms with Crippen LogP contribution in [0.5, 0.6) is 0 Å². The molecule has 0 saturated carbocycles. The average Bonchev–Trinajstić information content (AvgIpc) is 2.17. The number of sulfonamides is 1. The molecule has 0 aliphatic heterocycles. The Hall–Kier alpha value is 0.160. The highest BCUT2D eigenvalue weighted by atomic mass is 35.5. The van der Waals surface area contributed by atoms with Gasteiger partial charge < -0.3 is 4.74 Å². The second-order valence-corrected chi connectivity index (χ2v) is 6.19. The molecule has 0 aromatic carbocycles. The van der Waals surface area contributed by atoms with Gasteiger partial charge >= 0.3 is 0 Å². The first-order chi connectivity index (χ1) is 7.39. The summed E-state index contributed by atoms with van der Waals surface area (Å²) in [4.78, 5) is 0. The number of halogens is 1. The van der Waals surface area contributed by atoms with Gasteiger partial charge in [0, 0.05) is 18.0 Å². The number of hydrogen-bond donors (Lipinski definition) is 1. The van der Waals surface area contributed by atoms with Gasteiger partial charge in [-0.3, -0.25) is 0 Å². The lowest BCUT2D eigenvalue weighted by Gasteiger charge is -2.28. The number of rotatable bonds is 9. The summed E-state index contributed by atoms with van der Waals surface area (Å²) in [6.07, 6.45) is 1.34. The smallest absolute Gasteiger partial charge is 0.214 e. The summed E-state index contributed by atoms with van der Waals surface area (Å²) in [5, 5.41) is 0. The lowest BCUT2D eigenvalue weighted by atomic mass is 9.97. The first-order valence-corrected chi connectivity index (χ1v) is 7.73. The number of alkyl halides is 1. The maximum Gasteiger partial charge on any atom is 0.214 e. The zero-order valence-corrected chi connectivity index (χ0v) is 11.8. The number of nitrogens with one attached hydrogen (secondary N) is 1. The van der Waals surface area contributed by atoms with E-state index in [4.69, 9.17) is 16.3 Å². The fourth-order valence-electron chi connectivity index (χ4n) is 1.25. The van der Waals surface area contributed by atoms with Gasteiger partial charge in [-0.1, -0.05) is 6.92 Å². The highest BCUT2D eigenvalue weighted by molar-refractivity contribution is 7.89. The van der Waals surface area contributed by atoms with Crippen LogP contribution in [0.15, 0.2) is 0 Å². The molecule has 1 unspecified atom stereocenters. The Morgan fingerprint density at radius 3 is 2.44 bits per heavy atom. The van der Waals surface area contributed by atoms with Crippen LogP contribution in [0.2, 0.25) is 0 Å². The monoisotopic (exact) mass is 271 g/mol. The van der Waals surface area contributed by atoms with Gasteiger partial charge in [0.25, 0.3) is 0 Å². The molecule has 0 spiro atoms. The maximum absolute atomic E-state index is 11.7. The molecule has 4 nitrogen and oxygen atoms in total. The van der Waals surface area contributed by atoms with Crippen LogP contribution >= 0.6 is 11.6 Å². The first-order valence-electron chi connectivity index (χ1n) is 5.54. The van der Waals surface area contributed by atoms with Crippen LogP contribution < -0.4 is 4.72 Å². The van der Waals surface area contributed by atoms with Gasteiger partial charge in [0.2, 0.25) is 10.0 Å². The van der Waals surface area contributed by atoms with E-state index in [9.17, 15) is 8.42 Å². The highest BCUT2D eigenvalue weighted by Gasteiger charge is 2.27. The Bertz CT molecular complexity index is 282. The van der Waals surface area contributed by atoms with Gasteiger partial charge in [0.15, 0.2) is 0 Å². The Labute approximate surface area is 104 Å². The SMILES string of the molecule is CCOCCS(=O)(=O)NC(C)(CC)CCCl. The standard InChI is InChI=1S/C10H22ClNO3S/c1-4-10(3,6-7-11)12-16(13,14)9-8-15-5-2/h12H,4-9H2,1-3H3. The third-order valence-electron chi connectivity index (χ3n) is 2.53. The van der Waals surface area contributed by atoms with E-state index in [0.29, 0.717) is 25.3 Å². The molecule has 0 heterocycles. The molecule has 0 rings (SSSR count). The normalized spacial score (nSPS) is 16.0. The molecule has 0 aliphatic carbocycles. The molecule has 6 heteroatoms. The second-order valence-electron chi connectivity index (χ2n) is 3.97. The zero-order valence-electron chi connectivity index (χ0n) is 10.3. The Morgan fingerprint density at radius 2 is 2.00 bits per heavy atom. The van der Waals surface area contributed by atoms with Crippen molar-refractivity contribution in [2.24, 2.45) is 0 Å². The summed E-state index contributed by atoms with van der Waals surface area (Å²) in [6.45, 7) is 6.41. The quantitative estimate of drug-likeness (QED) is 0.513. The molecule has 0 aromatic rings. The summed E-state index contributed by atoms with van der Waals surface area (Å²) in [5.41, 5.74) is -0.452. The molecule has 0 fully saturated rings. The van der Waals surface area contributed by atoms with Gasteiger partial charge in [-0.15, -0.1) is 11.6 Å². The maximum atomic E-state index is 11.7. The third kappa shape index (κ3) is 6.68. The molecule has 1 atom stereocenters. The van der Waals surface area contributed by atoms with E-state index in [-0.39, 0.29) is 12.4 Å². The predicted molar refractivity (Wildman–Crippen MR) is 67.4 cm³/mol. The minimum absolute atomic E-state index is 0.00127. The Kier molecular flexibility index (Phi) is 7.55. The van der Waals surface area contributed by atoms with E-state index in [2.05, 4.69) is 4.72 Å². The summed E-state index contributed by atoms with van der Waals surface area (Å²) < 4.78 is 31.2. The topological polar surface area (TPSA) is 55.4 Å². The van der Waals surface area contributed by atoms with Crippen LogP contribution in [-0.2, 0) is 14.8 Å². The fourth-order valence-corrected chi connectivity index (χ4v) is 3.10. The summed E-state index contributed by atoms with van der Waals surface area (Å²) >= 11 is 5.66. The van der Waals surface area contributed by atoms with Crippen molar-refractivity contribution < 1.29 is 13.2 Å². The second kappa shape index (κ2) is 7.48. The Morgan fingerprint density at radius 1 is 1.38 bits per heavy atom. The molecule has 0 bridgehead atoms. The van der Waals surface area contributed by atoms with Crippen LogP contribution in [0, 0.1) is 0 Å². The average molecular weight is 272 g/mol. The van der Waals surface area contributed by atoms with E-state index in [0.717, 1.165) is 0 Å². The summed E-state index contributed by atoms with van der Waals surface area (Å²) in [6, 6.07) is 0. The lowest BCUT2D eigenvalue weighted by Crippen LogP contribution is -2.47. The summed E-state index contributed by atoms with van der Waals surface area (Å²) in [7, 11) is -3.28. The van der Waals surface area contributed by atoms with Crippen molar-refractivity contribution in [3.63, 3.8) is 0 Å². The van der Waals surface area contributed by atoms with Crippen molar-refractivity contribution in [3.8, 4) is 0 Å². The van der Waals surface area contributed by atoms with Gasteiger partial charge in [-0.25, -0.2) is 13.1 Å². The number of hydrogen-bond acceptors (Lipinski definition) is 3. The van der Waals surface area contributed by atoms with Gasteiger partial charge in [0.1, 0.15) is 0 Å². The molecule has 0 amide bonds. The molecule has 1 N–H and O–H groups in total. The van der Waals surface area contributed by atoms with Gasteiger partial charge in [0.05, 0.1) is 12.4 Å². The van der Waals surface area contributed by atoms with Crippen LogP contribution in [0.25, 0.3) is 0 Å². The fraction of sp³-hybridized carbons (Fsp3) is 1.00. The molecule has 0 saturated heterocycles. The van der Waals surface area contributed by atoms with Crippen molar-refractivity contribution in [1.82, 2.24) is 4.72 Å². The third-order valence-corrected chi connectivity index (χ3v) is 4.23. The van der Waals surface area contributed by atoms with E-state index < -0.39 is 15.6 Å². The minimum atomic E-state index is -3.28. The van der Waals surface area contributed by atoms with Gasteiger partial charge in [-0.05, 0) is 26.7 Å². The van der Waals surface area contributed by atoms with Crippen LogP contribution in [0.1, 0.15) is 33.6 Å². The molecule has 16 heavy (non-hydrogen) atoms. The van der Waals surface area contributed by atoms with E-state index >= 15 is 0 Å². The zero-order chi connectivity index (χ0) is 12.7. The van der Waals surface area contributed by atoms with E-state index in [1.165, 1.54) is 0 Å². The van der Waals surface area contributed by atoms with Crippen molar-refractivity contribution in [1.29, 1.82) is 0 Å². The van der Waals surface area contributed by atoms with E-state index in [1.807, 2.05) is 20.8 Å². The van der Waals surface area contributed by atoms with Crippen molar-refractivity contribution in [2.45, 2.75) is 39.2 Å². The Balaban J connectivity index is 4.31. The van der Waals surface area contributed by atoms with Crippen molar-refractivity contribution in [3.05, 3.63) is 0 Å². The van der Waals surface area contributed by atoms with Crippen molar-refractivity contribution >= 4 is 21.6 Å². The summed E-state index contributed by atoms with van der Waals surface area (Å²) in [5.74, 6) is 0.442. The molecular formula is C10H22ClNO3S. The lowest BCUT2D eigenvalue weighted by molar-refractivity contribution is 0.163. The van der Waals surface area contributed by atoms with Crippen LogP contribution in [0.4, 0.5) is 0 Å². The largest absolute Gasteiger partial charge is 0.381 e. The molecule has 98 valence electrons. The van der Waals surface area contributed by atoms with Gasteiger partial charge in [-0.2, -0.15) is 0 Å². The first kappa shape index (κ1) is 16.2.